The van der Waals surface area contributed by atoms with Crippen molar-refractivity contribution in [2.24, 2.45) is 11.8 Å². The predicted molar refractivity (Wildman–Crippen MR) is 55.2 cm³/mol. The fraction of sp³-hybridized carbons (Fsp3) is 0.667. The Morgan fingerprint density at radius 1 is 1.50 bits per heavy atom. The van der Waals surface area contributed by atoms with Crippen molar-refractivity contribution < 1.29 is 9.53 Å². The van der Waals surface area contributed by atoms with E-state index in [0.29, 0.717) is 5.92 Å². The summed E-state index contributed by atoms with van der Waals surface area (Å²) in [5.74, 6) is 6.09. The van der Waals surface area contributed by atoms with Crippen molar-refractivity contribution in [3.63, 3.8) is 0 Å². The molecule has 1 atom stereocenters. The van der Waals surface area contributed by atoms with Crippen LogP contribution in [0.2, 0.25) is 0 Å². The molecule has 1 radical (unpaired) electrons. The normalized spacial score (nSPS) is 19.3. The maximum absolute atomic E-state index is 11.1. The number of methoxy groups -OCH3 is 1. The van der Waals surface area contributed by atoms with Crippen LogP contribution in [-0.2, 0) is 9.53 Å². The first-order valence-electron chi connectivity index (χ1n) is 5.14. The van der Waals surface area contributed by atoms with Gasteiger partial charge in [-0.15, -0.1) is 0 Å². The first-order chi connectivity index (χ1) is 6.74. The van der Waals surface area contributed by atoms with Gasteiger partial charge in [0.25, 0.3) is 0 Å². The van der Waals surface area contributed by atoms with E-state index in [1.54, 1.807) is 6.92 Å². The summed E-state index contributed by atoms with van der Waals surface area (Å²) in [6.07, 6.45) is 6.90. The molecule has 14 heavy (non-hydrogen) atoms. The zero-order chi connectivity index (χ0) is 10.4. The Balaban J connectivity index is 2.40. The first-order valence-corrected chi connectivity index (χ1v) is 5.14. The van der Waals surface area contributed by atoms with Crippen LogP contribution in [-0.4, -0.2) is 13.1 Å². The minimum absolute atomic E-state index is 0.236. The van der Waals surface area contributed by atoms with Gasteiger partial charge in [0, 0.05) is 5.92 Å². The molecule has 0 aromatic heterocycles. The second-order valence-corrected chi connectivity index (χ2v) is 3.67. The lowest BCUT2D eigenvalue weighted by Crippen LogP contribution is -2.11. The summed E-state index contributed by atoms with van der Waals surface area (Å²) in [5.41, 5.74) is 0. The summed E-state index contributed by atoms with van der Waals surface area (Å²) in [5, 5.41) is 0. The van der Waals surface area contributed by atoms with Crippen LogP contribution in [0, 0.1) is 30.1 Å². The highest BCUT2D eigenvalue weighted by Crippen LogP contribution is 2.22. The van der Waals surface area contributed by atoms with E-state index < -0.39 is 0 Å². The summed E-state index contributed by atoms with van der Waals surface area (Å²) < 4.78 is 4.60. The molecule has 0 aromatic carbocycles. The second-order valence-electron chi connectivity index (χ2n) is 3.67. The molecule has 1 aliphatic carbocycles. The quantitative estimate of drug-likeness (QED) is 0.471. The Morgan fingerprint density at radius 3 is 2.71 bits per heavy atom. The Kier molecular flexibility index (Phi) is 4.52. The van der Waals surface area contributed by atoms with Gasteiger partial charge in [-0.3, -0.25) is 4.79 Å². The van der Waals surface area contributed by atoms with Crippen LogP contribution in [0.5, 0.6) is 0 Å². The first kappa shape index (κ1) is 11.1. The van der Waals surface area contributed by atoms with E-state index in [2.05, 4.69) is 23.0 Å². The standard InChI is InChI=1S/C12H17O2/c1-10(12(13)14-2)8-9-11-6-4-3-5-7-11/h3,10-11H,4-7H2,1-2H3. The van der Waals surface area contributed by atoms with E-state index in [-0.39, 0.29) is 11.9 Å². The van der Waals surface area contributed by atoms with Crippen LogP contribution in [0.25, 0.3) is 0 Å². The van der Waals surface area contributed by atoms with Crippen LogP contribution in [0.4, 0.5) is 0 Å². The van der Waals surface area contributed by atoms with E-state index in [1.807, 2.05) is 0 Å². The molecule has 1 saturated carbocycles. The number of carbonyl (C=O) groups excluding carboxylic acids is 1. The summed E-state index contributed by atoms with van der Waals surface area (Å²) >= 11 is 0. The molecule has 1 fully saturated rings. The molecule has 0 amide bonds. The average Bonchev–Trinajstić information content (AvgIpc) is 2.26. The van der Waals surface area contributed by atoms with Crippen LogP contribution in [0.1, 0.15) is 32.6 Å². The summed E-state index contributed by atoms with van der Waals surface area (Å²) in [7, 11) is 1.40. The lowest BCUT2D eigenvalue weighted by Gasteiger charge is -2.15. The topological polar surface area (TPSA) is 26.3 Å². The zero-order valence-corrected chi connectivity index (χ0v) is 8.88. The lowest BCUT2D eigenvalue weighted by atomic mass is 9.89. The van der Waals surface area contributed by atoms with Crippen molar-refractivity contribution in [3.05, 3.63) is 6.42 Å². The van der Waals surface area contributed by atoms with E-state index in [1.165, 1.54) is 7.11 Å². The summed E-state index contributed by atoms with van der Waals surface area (Å²) in [6.45, 7) is 1.79. The smallest absolute Gasteiger partial charge is 0.320 e. The largest absolute Gasteiger partial charge is 0.468 e. The van der Waals surface area contributed by atoms with Gasteiger partial charge in [-0.2, -0.15) is 0 Å². The van der Waals surface area contributed by atoms with Gasteiger partial charge in [0.2, 0.25) is 0 Å². The zero-order valence-electron chi connectivity index (χ0n) is 8.88. The molecule has 0 bridgehead atoms. The predicted octanol–water partition coefficient (Wildman–Crippen LogP) is 2.19. The maximum Gasteiger partial charge on any atom is 0.320 e. The van der Waals surface area contributed by atoms with Crippen LogP contribution >= 0.6 is 0 Å². The highest BCUT2D eigenvalue weighted by Gasteiger charge is 2.12. The molecule has 0 aromatic rings. The highest BCUT2D eigenvalue weighted by atomic mass is 16.5. The van der Waals surface area contributed by atoms with Crippen LogP contribution in [0.3, 0.4) is 0 Å². The molecule has 77 valence electrons. The van der Waals surface area contributed by atoms with Crippen LogP contribution < -0.4 is 0 Å². The van der Waals surface area contributed by atoms with Gasteiger partial charge in [-0.05, 0) is 39.0 Å². The molecule has 1 rings (SSSR count). The number of hydrogen-bond donors (Lipinski definition) is 0. The summed E-state index contributed by atoms with van der Waals surface area (Å²) in [6, 6.07) is 0. The Bertz CT molecular complexity index is 241. The van der Waals surface area contributed by atoms with Gasteiger partial charge in [-0.25, -0.2) is 0 Å². The highest BCUT2D eigenvalue weighted by molar-refractivity contribution is 5.75. The van der Waals surface area contributed by atoms with Crippen LogP contribution in [0.15, 0.2) is 0 Å². The number of hydrogen-bond acceptors (Lipinski definition) is 2. The molecule has 0 heterocycles. The van der Waals surface area contributed by atoms with Crippen molar-refractivity contribution in [1.82, 2.24) is 0 Å². The van der Waals surface area contributed by atoms with Gasteiger partial charge in [-0.1, -0.05) is 11.8 Å². The molecular formula is C12H17O2. The minimum atomic E-state index is -0.286. The van der Waals surface area contributed by atoms with Gasteiger partial charge in [0.15, 0.2) is 0 Å². The van der Waals surface area contributed by atoms with Crippen molar-refractivity contribution in [2.75, 3.05) is 7.11 Å². The second kappa shape index (κ2) is 5.70. The van der Waals surface area contributed by atoms with E-state index >= 15 is 0 Å². The Morgan fingerprint density at radius 2 is 2.14 bits per heavy atom. The van der Waals surface area contributed by atoms with Crippen molar-refractivity contribution in [3.8, 4) is 11.8 Å². The summed E-state index contributed by atoms with van der Waals surface area (Å²) in [4.78, 5) is 11.1. The monoisotopic (exact) mass is 193 g/mol. The molecule has 0 spiro atoms. The van der Waals surface area contributed by atoms with Crippen molar-refractivity contribution in [1.29, 1.82) is 0 Å². The van der Waals surface area contributed by atoms with Gasteiger partial charge >= 0.3 is 5.97 Å². The molecule has 2 heteroatoms. The fourth-order valence-electron chi connectivity index (χ4n) is 1.55. The molecular weight excluding hydrogens is 176 g/mol. The molecule has 0 saturated heterocycles. The maximum atomic E-state index is 11.1. The van der Waals surface area contributed by atoms with E-state index in [0.717, 1.165) is 25.7 Å². The van der Waals surface area contributed by atoms with Gasteiger partial charge in [0.05, 0.1) is 7.11 Å². The molecule has 1 aliphatic rings. The SMILES string of the molecule is COC(=O)C(C)C#CC1CC[CH]CC1. The Hall–Kier alpha value is -0.970. The molecule has 2 nitrogen and oxygen atoms in total. The number of ether oxygens (including phenoxy) is 1. The van der Waals surface area contributed by atoms with Gasteiger partial charge < -0.3 is 4.74 Å². The van der Waals surface area contributed by atoms with Gasteiger partial charge in [0.1, 0.15) is 5.92 Å². The third-order valence-electron chi connectivity index (χ3n) is 2.50. The number of rotatable bonds is 1. The fourth-order valence-corrected chi connectivity index (χ4v) is 1.55. The third-order valence-corrected chi connectivity index (χ3v) is 2.50. The lowest BCUT2D eigenvalue weighted by molar-refractivity contribution is -0.142. The van der Waals surface area contributed by atoms with E-state index in [4.69, 9.17) is 0 Å². The number of carbonyl (C=O) groups is 1. The third kappa shape index (κ3) is 3.41. The average molecular weight is 193 g/mol. The van der Waals surface area contributed by atoms with E-state index in [9.17, 15) is 4.79 Å². The molecule has 0 aliphatic heterocycles. The number of esters is 1. The van der Waals surface area contributed by atoms with Crippen molar-refractivity contribution in [2.45, 2.75) is 32.6 Å². The molecule has 0 N–H and O–H groups in total. The minimum Gasteiger partial charge on any atom is -0.468 e. The Labute approximate surface area is 86.0 Å². The molecule has 1 unspecified atom stereocenters. The van der Waals surface area contributed by atoms with Crippen molar-refractivity contribution >= 4 is 5.97 Å².